The summed E-state index contributed by atoms with van der Waals surface area (Å²) >= 11 is 2.41. The summed E-state index contributed by atoms with van der Waals surface area (Å²) in [5.74, 6) is 0. The molecule has 0 aliphatic heterocycles. The van der Waals surface area contributed by atoms with Gasteiger partial charge in [0.25, 0.3) is 0 Å². The first kappa shape index (κ1) is 10.9. The van der Waals surface area contributed by atoms with Crippen molar-refractivity contribution in [2.75, 3.05) is 11.0 Å². The molecule has 2 nitrogen and oxygen atoms in total. The highest BCUT2D eigenvalue weighted by Crippen LogP contribution is 1.96. The molecule has 0 atom stereocenters. The maximum absolute atomic E-state index is 3.97. The Bertz CT molecular complexity index is 213. The van der Waals surface area contributed by atoms with Crippen molar-refractivity contribution in [3.8, 4) is 0 Å². The van der Waals surface area contributed by atoms with Gasteiger partial charge in [0.1, 0.15) is 0 Å². The van der Waals surface area contributed by atoms with Gasteiger partial charge in [-0.3, -0.25) is 4.98 Å². The smallest absolute Gasteiger partial charge is 0.0271 e. The number of hydrogen-bond acceptors (Lipinski definition) is 2. The molecule has 1 aromatic rings. The molecule has 1 heterocycles. The van der Waals surface area contributed by atoms with E-state index in [4.69, 9.17) is 0 Å². The first-order valence-corrected chi connectivity index (χ1v) is 6.11. The fourth-order valence-corrected chi connectivity index (χ4v) is 1.62. The molecule has 0 bridgehead atoms. The largest absolute Gasteiger partial charge is 0.313 e. The molecule has 72 valence electrons. The number of alkyl halides is 1. The molecule has 0 aliphatic rings. The lowest BCUT2D eigenvalue weighted by Crippen LogP contribution is -2.14. The van der Waals surface area contributed by atoms with Gasteiger partial charge in [-0.15, -0.1) is 0 Å². The van der Waals surface area contributed by atoms with Crippen LogP contribution in [0.3, 0.4) is 0 Å². The Hall–Kier alpha value is -0.160. The third-order valence-electron chi connectivity index (χ3n) is 1.82. The zero-order valence-corrected chi connectivity index (χ0v) is 9.83. The number of rotatable bonds is 6. The highest BCUT2D eigenvalue weighted by Gasteiger charge is 1.90. The fourth-order valence-electron chi connectivity index (χ4n) is 1.08. The third kappa shape index (κ3) is 5.21. The summed E-state index contributed by atoms with van der Waals surface area (Å²) in [5, 5.41) is 3.41. The molecule has 0 unspecified atom stereocenters. The van der Waals surface area contributed by atoms with Crippen LogP contribution >= 0.6 is 22.6 Å². The van der Waals surface area contributed by atoms with Crippen molar-refractivity contribution in [3.05, 3.63) is 30.1 Å². The molecule has 0 aromatic carbocycles. The number of nitrogens with one attached hydrogen (secondary N) is 1. The lowest BCUT2D eigenvalue weighted by molar-refractivity contribution is 0.645. The molecule has 3 heteroatoms. The number of pyridine rings is 1. The van der Waals surface area contributed by atoms with E-state index in [2.05, 4.69) is 32.9 Å². The summed E-state index contributed by atoms with van der Waals surface area (Å²) in [4.78, 5) is 3.97. The van der Waals surface area contributed by atoms with E-state index >= 15 is 0 Å². The average molecular weight is 290 g/mol. The molecule has 0 fully saturated rings. The van der Waals surface area contributed by atoms with Gasteiger partial charge in [0.05, 0.1) is 0 Å². The van der Waals surface area contributed by atoms with Gasteiger partial charge in [-0.2, -0.15) is 0 Å². The first-order valence-electron chi connectivity index (χ1n) is 4.59. The Morgan fingerprint density at radius 2 is 2.00 bits per heavy atom. The molecule has 1 N–H and O–H groups in total. The highest BCUT2D eigenvalue weighted by atomic mass is 127. The van der Waals surface area contributed by atoms with Gasteiger partial charge in [-0.1, -0.05) is 22.6 Å². The number of nitrogens with zero attached hydrogens (tertiary/aromatic N) is 1. The SMILES string of the molecule is ICCCCNCc1ccncc1. The molecule has 1 rings (SSSR count). The van der Waals surface area contributed by atoms with Crippen molar-refractivity contribution in [2.45, 2.75) is 19.4 Å². The zero-order valence-electron chi connectivity index (χ0n) is 7.67. The lowest BCUT2D eigenvalue weighted by Gasteiger charge is -2.03. The Balaban J connectivity index is 2.07. The van der Waals surface area contributed by atoms with Crippen LogP contribution in [0.25, 0.3) is 0 Å². The summed E-state index contributed by atoms with van der Waals surface area (Å²) < 4.78 is 1.26. The number of hydrogen-bond donors (Lipinski definition) is 1. The van der Waals surface area contributed by atoms with Crippen LogP contribution in [0.5, 0.6) is 0 Å². The minimum absolute atomic E-state index is 0.962. The normalized spacial score (nSPS) is 10.2. The predicted molar refractivity (Wildman–Crippen MR) is 64.1 cm³/mol. The van der Waals surface area contributed by atoms with E-state index in [1.807, 2.05) is 24.5 Å². The topological polar surface area (TPSA) is 24.9 Å². The minimum Gasteiger partial charge on any atom is -0.313 e. The van der Waals surface area contributed by atoms with E-state index in [0.29, 0.717) is 0 Å². The maximum Gasteiger partial charge on any atom is 0.0271 e. The van der Waals surface area contributed by atoms with Gasteiger partial charge >= 0.3 is 0 Å². The molecule has 0 saturated carbocycles. The van der Waals surface area contributed by atoms with Crippen LogP contribution in [0.2, 0.25) is 0 Å². The summed E-state index contributed by atoms with van der Waals surface area (Å²) in [6, 6.07) is 4.09. The van der Waals surface area contributed by atoms with Crippen molar-refractivity contribution in [3.63, 3.8) is 0 Å². The standard InChI is InChI=1S/C10H15IN2/c11-5-1-2-6-13-9-10-3-7-12-8-4-10/h3-4,7-8,13H,1-2,5-6,9H2. The van der Waals surface area contributed by atoms with Crippen LogP contribution in [0.15, 0.2) is 24.5 Å². The zero-order chi connectivity index (χ0) is 9.36. The molecule has 0 aliphatic carbocycles. The molecule has 0 spiro atoms. The van der Waals surface area contributed by atoms with Gasteiger partial charge in [0.2, 0.25) is 0 Å². The van der Waals surface area contributed by atoms with E-state index in [1.54, 1.807) is 0 Å². The molecule has 13 heavy (non-hydrogen) atoms. The van der Waals surface area contributed by atoms with Crippen molar-refractivity contribution < 1.29 is 0 Å². The Morgan fingerprint density at radius 3 is 2.69 bits per heavy atom. The van der Waals surface area contributed by atoms with Gasteiger partial charge in [-0.25, -0.2) is 0 Å². The van der Waals surface area contributed by atoms with Crippen molar-refractivity contribution in [1.29, 1.82) is 0 Å². The summed E-state index contributed by atoms with van der Waals surface area (Å²) in [6.45, 7) is 2.08. The fraction of sp³-hybridized carbons (Fsp3) is 0.500. The molecule has 0 saturated heterocycles. The van der Waals surface area contributed by atoms with Crippen LogP contribution in [0, 0.1) is 0 Å². The van der Waals surface area contributed by atoms with Crippen molar-refractivity contribution in [1.82, 2.24) is 10.3 Å². The summed E-state index contributed by atoms with van der Waals surface area (Å²) in [5.41, 5.74) is 1.31. The van der Waals surface area contributed by atoms with Crippen LogP contribution in [0.4, 0.5) is 0 Å². The van der Waals surface area contributed by atoms with E-state index in [-0.39, 0.29) is 0 Å². The second kappa shape index (κ2) is 7.26. The number of aromatic nitrogens is 1. The minimum atomic E-state index is 0.962. The molecular formula is C10H15IN2. The van der Waals surface area contributed by atoms with E-state index in [9.17, 15) is 0 Å². The quantitative estimate of drug-likeness (QED) is 0.494. The number of unbranched alkanes of at least 4 members (excludes halogenated alkanes) is 1. The Morgan fingerprint density at radius 1 is 1.23 bits per heavy atom. The second-order valence-corrected chi connectivity index (χ2v) is 4.01. The molecule has 1 aromatic heterocycles. The Kier molecular flexibility index (Phi) is 6.10. The highest BCUT2D eigenvalue weighted by molar-refractivity contribution is 14.1. The molecule has 0 radical (unpaired) electrons. The lowest BCUT2D eigenvalue weighted by atomic mass is 10.2. The van der Waals surface area contributed by atoms with Crippen molar-refractivity contribution in [2.24, 2.45) is 0 Å². The van der Waals surface area contributed by atoms with Gasteiger partial charge in [0, 0.05) is 18.9 Å². The summed E-state index contributed by atoms with van der Waals surface area (Å²) in [7, 11) is 0. The van der Waals surface area contributed by atoms with Crippen LogP contribution in [0.1, 0.15) is 18.4 Å². The summed E-state index contributed by atoms with van der Waals surface area (Å²) in [6.07, 6.45) is 6.25. The van der Waals surface area contributed by atoms with Gasteiger partial charge < -0.3 is 5.32 Å². The molecular weight excluding hydrogens is 275 g/mol. The van der Waals surface area contributed by atoms with Gasteiger partial charge in [-0.05, 0) is 41.5 Å². The number of halogens is 1. The Labute approximate surface area is 93.3 Å². The third-order valence-corrected chi connectivity index (χ3v) is 2.58. The van der Waals surface area contributed by atoms with Crippen molar-refractivity contribution >= 4 is 22.6 Å². The monoisotopic (exact) mass is 290 g/mol. The van der Waals surface area contributed by atoms with Crippen LogP contribution in [-0.4, -0.2) is 16.0 Å². The average Bonchev–Trinajstić information content (AvgIpc) is 2.19. The molecule has 0 amide bonds. The van der Waals surface area contributed by atoms with E-state index < -0.39 is 0 Å². The second-order valence-electron chi connectivity index (χ2n) is 2.93. The van der Waals surface area contributed by atoms with Gasteiger partial charge in [0.15, 0.2) is 0 Å². The first-order chi connectivity index (χ1) is 6.43. The van der Waals surface area contributed by atoms with Crippen LogP contribution in [-0.2, 0) is 6.54 Å². The maximum atomic E-state index is 3.97. The van der Waals surface area contributed by atoms with Crippen LogP contribution < -0.4 is 5.32 Å². The van der Waals surface area contributed by atoms with E-state index in [0.717, 1.165) is 13.1 Å². The predicted octanol–water partition coefficient (Wildman–Crippen LogP) is 2.39. The van der Waals surface area contributed by atoms with E-state index in [1.165, 1.54) is 22.8 Å².